The molecular weight excluding hydrogens is 358 g/mol. The molecule has 6 heteroatoms. The van der Waals surface area contributed by atoms with Gasteiger partial charge in [0.05, 0.1) is 6.04 Å². The third-order valence-electron chi connectivity index (χ3n) is 3.87. The van der Waals surface area contributed by atoms with Gasteiger partial charge in [0.15, 0.2) is 0 Å². The smallest absolute Gasteiger partial charge is 0.268 e. The molecule has 3 rings (SSSR count). The summed E-state index contributed by atoms with van der Waals surface area (Å²) in [5.74, 6) is 0.124. The Balaban J connectivity index is 1.59. The van der Waals surface area contributed by atoms with Crippen molar-refractivity contribution >= 4 is 33.4 Å². The predicted molar refractivity (Wildman–Crippen MR) is 92.2 cm³/mol. The Bertz CT molecular complexity index is 720. The minimum Gasteiger partial charge on any atom is -0.356 e. The first-order valence-corrected chi connectivity index (χ1v) is 8.38. The van der Waals surface area contributed by atoms with Crippen LogP contribution < -0.4 is 10.6 Å². The lowest BCUT2D eigenvalue weighted by Crippen LogP contribution is -2.26. The summed E-state index contributed by atoms with van der Waals surface area (Å²) in [7, 11) is 0. The molecule has 2 amide bonds. The van der Waals surface area contributed by atoms with E-state index in [9.17, 15) is 9.59 Å². The topological polar surface area (TPSA) is 74.0 Å². The Labute approximate surface area is 143 Å². The van der Waals surface area contributed by atoms with Crippen molar-refractivity contribution in [3.63, 3.8) is 0 Å². The lowest BCUT2D eigenvalue weighted by molar-refractivity contribution is -0.117. The fourth-order valence-electron chi connectivity index (χ4n) is 2.30. The number of carbonyl (C=O) groups excluding carboxylic acids is 2. The Kier molecular flexibility index (Phi) is 4.52. The number of hydrogen-bond acceptors (Lipinski definition) is 2. The van der Waals surface area contributed by atoms with Gasteiger partial charge in [0.25, 0.3) is 5.91 Å². The van der Waals surface area contributed by atoms with Gasteiger partial charge in [-0.1, -0.05) is 12.1 Å². The SMILES string of the molecule is CC(NC(=O)c1cc(Br)c[nH]1)c1ccc(NC(=O)C2CC2)cc1. The number of amides is 2. The van der Waals surface area contributed by atoms with Crippen molar-refractivity contribution in [2.45, 2.75) is 25.8 Å². The molecule has 1 fully saturated rings. The highest BCUT2D eigenvalue weighted by molar-refractivity contribution is 9.10. The summed E-state index contributed by atoms with van der Waals surface area (Å²) in [5.41, 5.74) is 2.28. The number of H-pyrrole nitrogens is 1. The zero-order valence-corrected chi connectivity index (χ0v) is 14.3. The molecule has 1 aromatic carbocycles. The van der Waals surface area contributed by atoms with E-state index in [1.807, 2.05) is 31.2 Å². The van der Waals surface area contributed by atoms with Gasteiger partial charge >= 0.3 is 0 Å². The minimum atomic E-state index is -0.158. The van der Waals surface area contributed by atoms with Crippen molar-refractivity contribution in [1.29, 1.82) is 0 Å². The van der Waals surface area contributed by atoms with Gasteiger partial charge in [0, 0.05) is 22.3 Å². The molecule has 1 unspecified atom stereocenters. The second-order valence-corrected chi connectivity index (χ2v) is 6.73. The van der Waals surface area contributed by atoms with E-state index in [2.05, 4.69) is 31.5 Å². The fraction of sp³-hybridized carbons (Fsp3) is 0.294. The lowest BCUT2D eigenvalue weighted by atomic mass is 10.1. The van der Waals surface area contributed by atoms with E-state index in [-0.39, 0.29) is 23.8 Å². The number of rotatable bonds is 5. The van der Waals surface area contributed by atoms with E-state index in [1.54, 1.807) is 12.3 Å². The van der Waals surface area contributed by atoms with Crippen molar-refractivity contribution in [2.75, 3.05) is 5.32 Å². The molecule has 1 heterocycles. The van der Waals surface area contributed by atoms with Crippen LogP contribution in [0.2, 0.25) is 0 Å². The molecule has 23 heavy (non-hydrogen) atoms. The van der Waals surface area contributed by atoms with E-state index in [4.69, 9.17) is 0 Å². The van der Waals surface area contributed by atoms with E-state index in [1.165, 1.54) is 0 Å². The Morgan fingerprint density at radius 1 is 1.26 bits per heavy atom. The highest BCUT2D eigenvalue weighted by atomic mass is 79.9. The first-order valence-electron chi connectivity index (χ1n) is 7.58. The van der Waals surface area contributed by atoms with Gasteiger partial charge in [0.2, 0.25) is 5.91 Å². The molecular formula is C17H18BrN3O2. The van der Waals surface area contributed by atoms with E-state index in [0.717, 1.165) is 28.6 Å². The number of anilines is 1. The second kappa shape index (κ2) is 6.58. The molecule has 120 valence electrons. The average Bonchev–Trinajstić information content (AvgIpc) is 3.29. The number of aromatic nitrogens is 1. The maximum absolute atomic E-state index is 12.1. The summed E-state index contributed by atoms with van der Waals surface area (Å²) in [6.45, 7) is 1.92. The van der Waals surface area contributed by atoms with Crippen LogP contribution in [-0.4, -0.2) is 16.8 Å². The molecule has 1 atom stereocenters. The molecule has 5 nitrogen and oxygen atoms in total. The Morgan fingerprint density at radius 3 is 2.52 bits per heavy atom. The Hall–Kier alpha value is -2.08. The molecule has 0 bridgehead atoms. The number of aromatic amines is 1. The van der Waals surface area contributed by atoms with Crippen LogP contribution in [0.4, 0.5) is 5.69 Å². The van der Waals surface area contributed by atoms with Gasteiger partial charge in [-0.05, 0) is 59.5 Å². The number of halogens is 1. The maximum Gasteiger partial charge on any atom is 0.268 e. The molecule has 1 aromatic heterocycles. The second-order valence-electron chi connectivity index (χ2n) is 5.81. The normalized spacial score (nSPS) is 15.0. The van der Waals surface area contributed by atoms with Crippen molar-refractivity contribution in [2.24, 2.45) is 5.92 Å². The molecule has 0 radical (unpaired) electrons. The molecule has 1 aliphatic rings. The van der Waals surface area contributed by atoms with Crippen molar-refractivity contribution < 1.29 is 9.59 Å². The molecule has 0 saturated heterocycles. The van der Waals surface area contributed by atoms with Crippen molar-refractivity contribution in [3.8, 4) is 0 Å². The molecule has 2 aromatic rings. The number of benzene rings is 1. The Morgan fingerprint density at radius 2 is 1.96 bits per heavy atom. The average molecular weight is 376 g/mol. The first-order chi connectivity index (χ1) is 11.0. The third kappa shape index (κ3) is 4.01. The van der Waals surface area contributed by atoms with Crippen molar-refractivity contribution in [3.05, 3.63) is 52.3 Å². The lowest BCUT2D eigenvalue weighted by Gasteiger charge is -2.14. The zero-order valence-electron chi connectivity index (χ0n) is 12.7. The van der Waals surface area contributed by atoms with Gasteiger partial charge in [-0.2, -0.15) is 0 Å². The van der Waals surface area contributed by atoms with Gasteiger partial charge < -0.3 is 15.6 Å². The maximum atomic E-state index is 12.1. The van der Waals surface area contributed by atoms with E-state index >= 15 is 0 Å². The summed E-state index contributed by atoms with van der Waals surface area (Å²) in [6, 6.07) is 9.17. The van der Waals surface area contributed by atoms with Crippen LogP contribution >= 0.6 is 15.9 Å². The van der Waals surface area contributed by atoms with Crippen LogP contribution in [-0.2, 0) is 4.79 Å². The summed E-state index contributed by atoms with van der Waals surface area (Å²) >= 11 is 3.31. The summed E-state index contributed by atoms with van der Waals surface area (Å²) < 4.78 is 0.839. The predicted octanol–water partition coefficient (Wildman–Crippen LogP) is 3.62. The van der Waals surface area contributed by atoms with Crippen LogP contribution in [0.25, 0.3) is 0 Å². The highest BCUT2D eigenvalue weighted by Gasteiger charge is 2.29. The molecule has 1 aliphatic carbocycles. The number of hydrogen-bond donors (Lipinski definition) is 3. The standard InChI is InChI=1S/C17H18BrN3O2/c1-10(20-17(23)15-8-13(18)9-19-15)11-4-6-14(7-5-11)21-16(22)12-2-3-12/h4-10,12,19H,2-3H2,1H3,(H,20,23)(H,21,22). The first kappa shape index (κ1) is 15.8. The van der Waals surface area contributed by atoms with E-state index in [0.29, 0.717) is 5.69 Å². The highest BCUT2D eigenvalue weighted by Crippen LogP contribution is 2.30. The van der Waals surface area contributed by atoms with Crippen LogP contribution in [0, 0.1) is 5.92 Å². The van der Waals surface area contributed by atoms with Crippen LogP contribution in [0.3, 0.4) is 0 Å². The number of nitrogens with one attached hydrogen (secondary N) is 3. The van der Waals surface area contributed by atoms with Gasteiger partial charge in [0.1, 0.15) is 5.69 Å². The summed E-state index contributed by atoms with van der Waals surface area (Å²) in [6.07, 6.45) is 3.70. The van der Waals surface area contributed by atoms with Crippen LogP contribution in [0.1, 0.15) is 41.9 Å². The fourth-order valence-corrected chi connectivity index (χ4v) is 2.65. The summed E-state index contributed by atoms with van der Waals surface area (Å²) in [5, 5.41) is 5.84. The van der Waals surface area contributed by atoms with Crippen LogP contribution in [0.5, 0.6) is 0 Å². The van der Waals surface area contributed by atoms with E-state index < -0.39 is 0 Å². The molecule has 1 saturated carbocycles. The largest absolute Gasteiger partial charge is 0.356 e. The monoisotopic (exact) mass is 375 g/mol. The zero-order chi connectivity index (χ0) is 16.4. The molecule has 3 N–H and O–H groups in total. The summed E-state index contributed by atoms with van der Waals surface area (Å²) in [4.78, 5) is 26.7. The minimum absolute atomic E-state index is 0.0939. The number of carbonyl (C=O) groups is 2. The van der Waals surface area contributed by atoms with Crippen LogP contribution in [0.15, 0.2) is 41.0 Å². The molecule has 0 spiro atoms. The van der Waals surface area contributed by atoms with Gasteiger partial charge in [-0.15, -0.1) is 0 Å². The van der Waals surface area contributed by atoms with Gasteiger partial charge in [-0.3, -0.25) is 9.59 Å². The molecule has 0 aliphatic heterocycles. The van der Waals surface area contributed by atoms with Crippen molar-refractivity contribution in [1.82, 2.24) is 10.3 Å². The van der Waals surface area contributed by atoms with Gasteiger partial charge in [-0.25, -0.2) is 0 Å². The quantitative estimate of drug-likeness (QED) is 0.746. The third-order valence-corrected chi connectivity index (χ3v) is 4.32.